The highest BCUT2D eigenvalue weighted by Gasteiger charge is 2.08. The van der Waals surface area contributed by atoms with E-state index in [1.165, 1.54) is 6.08 Å². The third kappa shape index (κ3) is 4.39. The third-order valence-electron chi connectivity index (χ3n) is 3.99. The molecule has 3 aromatic rings. The van der Waals surface area contributed by atoms with Crippen LogP contribution < -0.4 is 9.47 Å². The number of ether oxygens (including phenoxy) is 2. The van der Waals surface area contributed by atoms with Gasteiger partial charge in [-0.25, -0.2) is 0 Å². The van der Waals surface area contributed by atoms with Gasteiger partial charge in [-0.3, -0.25) is 4.79 Å². The summed E-state index contributed by atoms with van der Waals surface area (Å²) in [6, 6.07) is 23.9. The second-order valence-electron chi connectivity index (χ2n) is 5.76. The monoisotopic (exact) mass is 344 g/mol. The Morgan fingerprint density at radius 1 is 0.846 bits per heavy atom. The summed E-state index contributed by atoms with van der Waals surface area (Å²) in [4.78, 5) is 10.5. The molecule has 0 heterocycles. The van der Waals surface area contributed by atoms with Crippen LogP contribution in [0.15, 0.2) is 78.9 Å². The number of hydrogen-bond donors (Lipinski definition) is 0. The van der Waals surface area contributed by atoms with Crippen LogP contribution in [0.2, 0.25) is 0 Å². The first-order chi connectivity index (χ1) is 12.8. The molecule has 3 heteroatoms. The van der Waals surface area contributed by atoms with Crippen molar-refractivity contribution < 1.29 is 14.3 Å². The molecule has 3 aromatic carbocycles. The number of methoxy groups -OCH3 is 1. The molecular weight excluding hydrogens is 324 g/mol. The van der Waals surface area contributed by atoms with E-state index in [4.69, 9.17) is 9.47 Å². The molecule has 0 fully saturated rings. The number of benzene rings is 3. The molecule has 0 atom stereocenters. The highest BCUT2D eigenvalue weighted by molar-refractivity contribution is 5.76. The van der Waals surface area contributed by atoms with Gasteiger partial charge in [0.1, 0.15) is 12.9 Å². The predicted octanol–water partition coefficient (Wildman–Crippen LogP) is 5.15. The van der Waals surface area contributed by atoms with E-state index < -0.39 is 0 Å². The topological polar surface area (TPSA) is 35.5 Å². The van der Waals surface area contributed by atoms with Crippen LogP contribution in [0.4, 0.5) is 0 Å². The molecule has 0 unspecified atom stereocenters. The quantitative estimate of drug-likeness (QED) is 0.439. The minimum atomic E-state index is 0.475. The summed E-state index contributed by atoms with van der Waals surface area (Å²) in [5.74, 6) is 1.39. The molecule has 0 aromatic heterocycles. The number of aldehydes is 1. The van der Waals surface area contributed by atoms with Crippen molar-refractivity contribution in [3.8, 4) is 22.6 Å². The maximum absolute atomic E-state index is 10.5. The molecule has 26 heavy (non-hydrogen) atoms. The maximum atomic E-state index is 10.5. The summed E-state index contributed by atoms with van der Waals surface area (Å²) < 4.78 is 11.4. The Morgan fingerprint density at radius 2 is 1.65 bits per heavy atom. The number of hydrogen-bond acceptors (Lipinski definition) is 3. The van der Waals surface area contributed by atoms with E-state index in [2.05, 4.69) is 0 Å². The Hall–Kier alpha value is -3.33. The molecule has 130 valence electrons. The van der Waals surface area contributed by atoms with Crippen molar-refractivity contribution in [3.63, 3.8) is 0 Å². The summed E-state index contributed by atoms with van der Waals surface area (Å²) in [6.07, 6.45) is 4.05. The number of carbonyl (C=O) groups is 1. The van der Waals surface area contributed by atoms with Gasteiger partial charge < -0.3 is 9.47 Å². The third-order valence-corrected chi connectivity index (χ3v) is 3.99. The lowest BCUT2D eigenvalue weighted by Crippen LogP contribution is -1.98. The second kappa shape index (κ2) is 8.67. The fourth-order valence-corrected chi connectivity index (χ4v) is 2.68. The van der Waals surface area contributed by atoms with E-state index in [-0.39, 0.29) is 0 Å². The average molecular weight is 344 g/mol. The number of carbonyl (C=O) groups excluding carboxylic acids is 1. The standard InChI is InChI=1S/C23H20O3/c1-25-22-13-12-21(20-11-5-9-18(15-20)10-6-14-24)16-23(22)26-17-19-7-3-2-4-8-19/h2-16H,17H2,1H3. The van der Waals surface area contributed by atoms with Crippen LogP contribution in [-0.2, 0) is 11.4 Å². The number of allylic oxidation sites excluding steroid dienone is 1. The summed E-state index contributed by atoms with van der Waals surface area (Å²) in [5.41, 5.74) is 4.14. The molecule has 0 aliphatic carbocycles. The zero-order valence-corrected chi connectivity index (χ0v) is 14.6. The molecule has 0 aliphatic heterocycles. The molecule has 0 aliphatic rings. The summed E-state index contributed by atoms with van der Waals surface area (Å²) in [6.45, 7) is 0.475. The largest absolute Gasteiger partial charge is 0.493 e. The van der Waals surface area contributed by atoms with Gasteiger partial charge in [0, 0.05) is 0 Å². The fraction of sp³-hybridized carbons (Fsp3) is 0.0870. The zero-order valence-electron chi connectivity index (χ0n) is 14.6. The van der Waals surface area contributed by atoms with E-state index in [9.17, 15) is 4.79 Å². The van der Waals surface area contributed by atoms with Gasteiger partial charge in [-0.2, -0.15) is 0 Å². The van der Waals surface area contributed by atoms with Gasteiger partial charge in [0.2, 0.25) is 0 Å². The molecule has 0 saturated heterocycles. The van der Waals surface area contributed by atoms with Crippen LogP contribution in [0, 0.1) is 0 Å². The van der Waals surface area contributed by atoms with Crippen molar-refractivity contribution in [1.29, 1.82) is 0 Å². The van der Waals surface area contributed by atoms with Crippen LogP contribution >= 0.6 is 0 Å². The SMILES string of the molecule is COc1ccc(-c2cccc(C=CC=O)c2)cc1OCc1ccccc1. The van der Waals surface area contributed by atoms with Gasteiger partial charge in [-0.1, -0.05) is 60.7 Å². The lowest BCUT2D eigenvalue weighted by molar-refractivity contribution is -0.104. The van der Waals surface area contributed by atoms with E-state index in [1.54, 1.807) is 13.2 Å². The molecule has 0 saturated carbocycles. The van der Waals surface area contributed by atoms with Gasteiger partial charge in [0.25, 0.3) is 0 Å². The predicted molar refractivity (Wildman–Crippen MR) is 104 cm³/mol. The van der Waals surface area contributed by atoms with Gasteiger partial charge in [0.15, 0.2) is 11.5 Å². The molecule has 0 spiro atoms. The van der Waals surface area contributed by atoms with Crippen LogP contribution in [0.25, 0.3) is 17.2 Å². The number of rotatable bonds is 7. The first-order valence-electron chi connectivity index (χ1n) is 8.37. The Kier molecular flexibility index (Phi) is 5.84. The first-order valence-corrected chi connectivity index (χ1v) is 8.37. The van der Waals surface area contributed by atoms with Gasteiger partial charge in [-0.15, -0.1) is 0 Å². The minimum Gasteiger partial charge on any atom is -0.493 e. The van der Waals surface area contributed by atoms with Gasteiger partial charge in [0.05, 0.1) is 7.11 Å². The molecule has 3 rings (SSSR count). The van der Waals surface area contributed by atoms with Crippen LogP contribution in [0.5, 0.6) is 11.5 Å². The summed E-state index contributed by atoms with van der Waals surface area (Å²) >= 11 is 0. The molecule has 0 bridgehead atoms. The zero-order chi connectivity index (χ0) is 18.2. The van der Waals surface area contributed by atoms with E-state index in [1.807, 2.05) is 72.8 Å². The average Bonchev–Trinajstić information content (AvgIpc) is 2.71. The van der Waals surface area contributed by atoms with E-state index >= 15 is 0 Å². The lowest BCUT2D eigenvalue weighted by atomic mass is 10.0. The highest BCUT2D eigenvalue weighted by atomic mass is 16.5. The van der Waals surface area contributed by atoms with Crippen molar-refractivity contribution in [3.05, 3.63) is 90.0 Å². The van der Waals surface area contributed by atoms with Crippen LogP contribution in [0.1, 0.15) is 11.1 Å². The Balaban J connectivity index is 1.87. The minimum absolute atomic E-state index is 0.475. The van der Waals surface area contributed by atoms with E-state index in [0.717, 1.165) is 28.5 Å². The molecule has 3 nitrogen and oxygen atoms in total. The lowest BCUT2D eigenvalue weighted by Gasteiger charge is -2.13. The van der Waals surface area contributed by atoms with E-state index in [0.29, 0.717) is 18.1 Å². The Bertz CT molecular complexity index is 898. The van der Waals surface area contributed by atoms with Gasteiger partial charge >= 0.3 is 0 Å². The van der Waals surface area contributed by atoms with Crippen molar-refractivity contribution in [1.82, 2.24) is 0 Å². The van der Waals surface area contributed by atoms with Crippen molar-refractivity contribution >= 4 is 12.4 Å². The van der Waals surface area contributed by atoms with Crippen molar-refractivity contribution in [2.45, 2.75) is 6.61 Å². The Labute approximate surface area is 153 Å². The van der Waals surface area contributed by atoms with Crippen molar-refractivity contribution in [2.75, 3.05) is 7.11 Å². The fourth-order valence-electron chi connectivity index (χ4n) is 2.68. The maximum Gasteiger partial charge on any atom is 0.162 e. The second-order valence-corrected chi connectivity index (χ2v) is 5.76. The molecule has 0 amide bonds. The summed E-state index contributed by atoms with van der Waals surface area (Å²) in [7, 11) is 1.63. The molecule has 0 N–H and O–H groups in total. The van der Waals surface area contributed by atoms with Crippen molar-refractivity contribution in [2.24, 2.45) is 0 Å². The normalized spacial score (nSPS) is 10.7. The molecule has 0 radical (unpaired) electrons. The first kappa shape index (κ1) is 17.5. The smallest absolute Gasteiger partial charge is 0.162 e. The van der Waals surface area contributed by atoms with Crippen LogP contribution in [0.3, 0.4) is 0 Å². The van der Waals surface area contributed by atoms with Crippen LogP contribution in [-0.4, -0.2) is 13.4 Å². The molecular formula is C23H20O3. The summed E-state index contributed by atoms with van der Waals surface area (Å²) in [5, 5.41) is 0. The van der Waals surface area contributed by atoms with Gasteiger partial charge in [-0.05, 0) is 46.5 Å². The Morgan fingerprint density at radius 3 is 2.42 bits per heavy atom. The highest BCUT2D eigenvalue weighted by Crippen LogP contribution is 2.33.